The second-order valence-corrected chi connectivity index (χ2v) is 3.97. The molecule has 2 N–H and O–H groups in total. The molecule has 0 saturated heterocycles. The van der Waals surface area contributed by atoms with Gasteiger partial charge in [-0.25, -0.2) is 0 Å². The maximum atomic E-state index is 11.9. The molecule has 16 heavy (non-hydrogen) atoms. The summed E-state index contributed by atoms with van der Waals surface area (Å²) in [5.74, 6) is -0.564. The lowest BCUT2D eigenvalue weighted by Gasteiger charge is -2.14. The SMILES string of the molecule is COc1cc(O)c(C)c(O)c1C(=O)C(C)C. The molecule has 1 aromatic carbocycles. The molecular weight excluding hydrogens is 208 g/mol. The zero-order valence-corrected chi connectivity index (χ0v) is 9.87. The molecule has 0 fully saturated rings. The van der Waals surface area contributed by atoms with Gasteiger partial charge in [0.1, 0.15) is 22.8 Å². The van der Waals surface area contributed by atoms with Crippen LogP contribution in [0.5, 0.6) is 17.2 Å². The summed E-state index contributed by atoms with van der Waals surface area (Å²) >= 11 is 0. The van der Waals surface area contributed by atoms with Crippen molar-refractivity contribution in [3.63, 3.8) is 0 Å². The van der Waals surface area contributed by atoms with Crippen molar-refractivity contribution >= 4 is 5.78 Å². The molecule has 0 bridgehead atoms. The van der Waals surface area contributed by atoms with Crippen molar-refractivity contribution in [2.24, 2.45) is 5.92 Å². The predicted molar refractivity (Wildman–Crippen MR) is 60.2 cm³/mol. The number of Topliss-reactive ketones (excluding diaryl/α,β-unsaturated/α-hetero) is 1. The van der Waals surface area contributed by atoms with Gasteiger partial charge in [0.2, 0.25) is 0 Å². The normalized spacial score (nSPS) is 10.6. The number of rotatable bonds is 3. The van der Waals surface area contributed by atoms with E-state index in [-0.39, 0.29) is 40.1 Å². The third-order valence-electron chi connectivity index (χ3n) is 2.48. The van der Waals surface area contributed by atoms with E-state index in [0.29, 0.717) is 0 Å². The lowest BCUT2D eigenvalue weighted by atomic mass is 9.97. The number of ether oxygens (including phenoxy) is 1. The first-order chi connectivity index (χ1) is 7.40. The zero-order valence-electron chi connectivity index (χ0n) is 9.87. The molecule has 0 radical (unpaired) electrons. The van der Waals surface area contributed by atoms with Crippen molar-refractivity contribution in [2.75, 3.05) is 7.11 Å². The number of phenolic OH excluding ortho intramolecular Hbond substituents is 2. The van der Waals surface area contributed by atoms with Crippen LogP contribution in [0.3, 0.4) is 0 Å². The number of hydrogen-bond donors (Lipinski definition) is 2. The maximum Gasteiger partial charge on any atom is 0.172 e. The van der Waals surface area contributed by atoms with Gasteiger partial charge >= 0.3 is 0 Å². The number of methoxy groups -OCH3 is 1. The minimum Gasteiger partial charge on any atom is -0.507 e. The summed E-state index contributed by atoms with van der Waals surface area (Å²) in [6.07, 6.45) is 0. The molecule has 0 amide bonds. The first-order valence-corrected chi connectivity index (χ1v) is 5.03. The average molecular weight is 224 g/mol. The lowest BCUT2D eigenvalue weighted by Crippen LogP contribution is -2.10. The molecule has 88 valence electrons. The minimum atomic E-state index is -0.247. The van der Waals surface area contributed by atoms with E-state index in [1.54, 1.807) is 20.8 Å². The summed E-state index contributed by atoms with van der Waals surface area (Å²) in [5.41, 5.74) is 0.414. The van der Waals surface area contributed by atoms with Gasteiger partial charge in [0.25, 0.3) is 0 Å². The van der Waals surface area contributed by atoms with Crippen molar-refractivity contribution in [1.82, 2.24) is 0 Å². The van der Waals surface area contributed by atoms with Crippen molar-refractivity contribution < 1.29 is 19.7 Å². The smallest absolute Gasteiger partial charge is 0.172 e. The fraction of sp³-hybridized carbons (Fsp3) is 0.417. The second kappa shape index (κ2) is 4.43. The van der Waals surface area contributed by atoms with Gasteiger partial charge in [-0.05, 0) is 6.92 Å². The summed E-state index contributed by atoms with van der Waals surface area (Å²) in [5, 5.41) is 19.4. The van der Waals surface area contributed by atoms with Gasteiger partial charge in [0.15, 0.2) is 5.78 Å². The Morgan fingerprint density at radius 3 is 2.38 bits per heavy atom. The molecule has 1 rings (SSSR count). The van der Waals surface area contributed by atoms with Crippen molar-refractivity contribution in [2.45, 2.75) is 20.8 Å². The Morgan fingerprint density at radius 1 is 1.38 bits per heavy atom. The molecule has 0 heterocycles. The molecule has 0 spiro atoms. The fourth-order valence-corrected chi connectivity index (χ4v) is 1.42. The van der Waals surface area contributed by atoms with E-state index in [1.165, 1.54) is 13.2 Å². The highest BCUT2D eigenvalue weighted by molar-refractivity contribution is 6.03. The van der Waals surface area contributed by atoms with E-state index in [1.807, 2.05) is 0 Å². The molecule has 4 heteroatoms. The van der Waals surface area contributed by atoms with Crippen LogP contribution < -0.4 is 4.74 Å². The number of ketones is 1. The topological polar surface area (TPSA) is 66.8 Å². The zero-order chi connectivity index (χ0) is 12.5. The number of phenols is 2. The number of aromatic hydroxyl groups is 2. The largest absolute Gasteiger partial charge is 0.507 e. The molecule has 0 saturated carbocycles. The highest BCUT2D eigenvalue weighted by atomic mass is 16.5. The van der Waals surface area contributed by atoms with Gasteiger partial charge < -0.3 is 14.9 Å². The first kappa shape index (κ1) is 12.4. The summed E-state index contributed by atoms with van der Waals surface area (Å²) in [4.78, 5) is 11.9. The van der Waals surface area contributed by atoms with E-state index in [4.69, 9.17) is 4.74 Å². The van der Waals surface area contributed by atoms with Crippen LogP contribution in [0.4, 0.5) is 0 Å². The Bertz CT molecular complexity index is 422. The van der Waals surface area contributed by atoms with Gasteiger partial charge in [-0.2, -0.15) is 0 Å². The molecule has 1 aromatic rings. The molecular formula is C12H16O4. The quantitative estimate of drug-likeness (QED) is 0.773. The van der Waals surface area contributed by atoms with E-state index >= 15 is 0 Å². The van der Waals surface area contributed by atoms with Crippen molar-refractivity contribution in [3.05, 3.63) is 17.2 Å². The lowest BCUT2D eigenvalue weighted by molar-refractivity contribution is 0.0933. The minimum absolute atomic E-state index is 0.0883. The van der Waals surface area contributed by atoms with Gasteiger partial charge in [0, 0.05) is 17.5 Å². The Balaban J connectivity index is 3.47. The monoisotopic (exact) mass is 224 g/mol. The number of carbonyl (C=O) groups is 1. The van der Waals surface area contributed by atoms with Crippen molar-refractivity contribution in [3.8, 4) is 17.2 Å². The Labute approximate surface area is 94.5 Å². The van der Waals surface area contributed by atoms with Crippen LogP contribution in [-0.2, 0) is 0 Å². The van der Waals surface area contributed by atoms with Gasteiger partial charge in [-0.15, -0.1) is 0 Å². The standard InChI is InChI=1S/C12H16O4/c1-6(2)11(14)10-9(16-4)5-8(13)7(3)12(10)15/h5-6,13,15H,1-4H3. The molecule has 0 unspecified atom stereocenters. The third-order valence-corrected chi connectivity index (χ3v) is 2.48. The second-order valence-electron chi connectivity index (χ2n) is 3.97. The van der Waals surface area contributed by atoms with Crippen LogP contribution in [0.25, 0.3) is 0 Å². The summed E-state index contributed by atoms with van der Waals surface area (Å²) in [6.45, 7) is 5.02. The van der Waals surface area contributed by atoms with Crippen LogP contribution in [-0.4, -0.2) is 23.1 Å². The summed E-state index contributed by atoms with van der Waals surface area (Å²) in [7, 11) is 1.39. The Morgan fingerprint density at radius 2 is 1.94 bits per heavy atom. The summed E-state index contributed by atoms with van der Waals surface area (Å²) in [6, 6.07) is 1.34. The molecule has 0 aliphatic heterocycles. The van der Waals surface area contributed by atoms with Crippen LogP contribution in [0.1, 0.15) is 29.8 Å². The van der Waals surface area contributed by atoms with Crippen LogP contribution in [0.2, 0.25) is 0 Å². The molecule has 0 aromatic heterocycles. The van der Waals surface area contributed by atoms with Gasteiger partial charge in [-0.3, -0.25) is 4.79 Å². The van der Waals surface area contributed by atoms with Gasteiger partial charge in [0.05, 0.1) is 7.11 Å². The fourth-order valence-electron chi connectivity index (χ4n) is 1.42. The average Bonchev–Trinajstić information content (AvgIpc) is 2.24. The van der Waals surface area contributed by atoms with Crippen LogP contribution in [0, 0.1) is 12.8 Å². The molecule has 0 atom stereocenters. The van der Waals surface area contributed by atoms with Crippen LogP contribution in [0.15, 0.2) is 6.07 Å². The Kier molecular flexibility index (Phi) is 3.42. The third kappa shape index (κ3) is 1.96. The first-order valence-electron chi connectivity index (χ1n) is 5.03. The van der Waals surface area contributed by atoms with Crippen molar-refractivity contribution in [1.29, 1.82) is 0 Å². The van der Waals surface area contributed by atoms with E-state index in [0.717, 1.165) is 0 Å². The van der Waals surface area contributed by atoms with E-state index < -0.39 is 0 Å². The highest BCUT2D eigenvalue weighted by Gasteiger charge is 2.23. The molecule has 0 aliphatic rings. The number of benzene rings is 1. The maximum absolute atomic E-state index is 11.9. The molecule has 0 aliphatic carbocycles. The van der Waals surface area contributed by atoms with E-state index in [2.05, 4.69) is 0 Å². The number of carbonyl (C=O) groups excluding carboxylic acids is 1. The van der Waals surface area contributed by atoms with E-state index in [9.17, 15) is 15.0 Å². The highest BCUT2D eigenvalue weighted by Crippen LogP contribution is 2.38. The Hall–Kier alpha value is -1.71. The van der Waals surface area contributed by atoms with Crippen LogP contribution >= 0.6 is 0 Å². The number of hydrogen-bond acceptors (Lipinski definition) is 4. The van der Waals surface area contributed by atoms with Gasteiger partial charge in [-0.1, -0.05) is 13.8 Å². The summed E-state index contributed by atoms with van der Waals surface area (Å²) < 4.78 is 4.99. The molecule has 4 nitrogen and oxygen atoms in total. The predicted octanol–water partition coefficient (Wildman–Crippen LogP) is 2.25.